The average molecular weight is 306 g/mol. The summed E-state index contributed by atoms with van der Waals surface area (Å²) in [6, 6.07) is 7.82. The fourth-order valence-electron chi connectivity index (χ4n) is 2.67. The van der Waals surface area contributed by atoms with E-state index in [9.17, 15) is 4.79 Å². The largest absolute Gasteiger partial charge is 0.492 e. The number of para-hydroxylation sites is 1. The minimum Gasteiger partial charge on any atom is -0.492 e. The second kappa shape index (κ2) is 6.43. The van der Waals surface area contributed by atoms with Crippen LogP contribution >= 0.6 is 12.2 Å². The first-order chi connectivity index (χ1) is 10.0. The number of benzene rings is 1. The molecule has 1 aromatic carbocycles. The molecule has 1 amide bonds. The summed E-state index contributed by atoms with van der Waals surface area (Å²) in [5.74, 6) is 0.626. The highest BCUT2D eigenvalue weighted by molar-refractivity contribution is 7.80. The number of carbonyl (C=O) groups excluding carboxylic acids is 1. The van der Waals surface area contributed by atoms with Gasteiger partial charge in [0, 0.05) is 0 Å². The van der Waals surface area contributed by atoms with Crippen LogP contribution in [-0.4, -0.2) is 23.0 Å². The summed E-state index contributed by atoms with van der Waals surface area (Å²) in [5.41, 5.74) is 6.31. The molecule has 1 aliphatic rings. The maximum absolute atomic E-state index is 12.5. The van der Waals surface area contributed by atoms with Gasteiger partial charge in [0.05, 0.1) is 16.4 Å². The fourth-order valence-corrected chi connectivity index (χ4v) is 3.01. The molecule has 1 atom stereocenters. The van der Waals surface area contributed by atoms with Gasteiger partial charge in [-0.1, -0.05) is 44.3 Å². The molecular formula is C16H22N2O2S. The van der Waals surface area contributed by atoms with Crippen molar-refractivity contribution in [2.24, 2.45) is 11.7 Å². The van der Waals surface area contributed by atoms with Crippen molar-refractivity contribution in [3.8, 4) is 5.75 Å². The summed E-state index contributed by atoms with van der Waals surface area (Å²) < 4.78 is 5.67. The van der Waals surface area contributed by atoms with E-state index >= 15 is 0 Å². The molecule has 1 heterocycles. The van der Waals surface area contributed by atoms with Gasteiger partial charge in [-0.05, 0) is 30.9 Å². The number of nitrogens with two attached hydrogens (primary N) is 1. The van der Waals surface area contributed by atoms with E-state index in [1.165, 1.54) is 0 Å². The van der Waals surface area contributed by atoms with Gasteiger partial charge in [-0.25, -0.2) is 0 Å². The van der Waals surface area contributed by atoms with Crippen LogP contribution in [0, 0.1) is 5.92 Å². The maximum atomic E-state index is 12.5. The van der Waals surface area contributed by atoms with E-state index in [2.05, 4.69) is 5.32 Å². The van der Waals surface area contributed by atoms with E-state index in [4.69, 9.17) is 22.7 Å². The minimum absolute atomic E-state index is 0.0407. The molecule has 21 heavy (non-hydrogen) atoms. The maximum Gasteiger partial charge on any atom is 0.227 e. The number of rotatable bonds is 5. The number of fused-ring (bicyclic) bond motifs is 1. The lowest BCUT2D eigenvalue weighted by atomic mass is 9.90. The number of carbonyl (C=O) groups is 1. The van der Waals surface area contributed by atoms with Crippen LogP contribution in [0.4, 0.5) is 0 Å². The normalized spacial score (nSPS) is 17.5. The van der Waals surface area contributed by atoms with Crippen LogP contribution < -0.4 is 15.8 Å². The number of thiocarbonyl (C=S) groups is 1. The predicted octanol–water partition coefficient (Wildman–Crippen LogP) is 2.20. The van der Waals surface area contributed by atoms with Gasteiger partial charge in [0.1, 0.15) is 12.4 Å². The summed E-state index contributed by atoms with van der Waals surface area (Å²) in [6.45, 7) is 4.36. The second-order valence-corrected chi connectivity index (χ2v) is 5.90. The fraction of sp³-hybridized carbons (Fsp3) is 0.500. The Hall–Kier alpha value is -1.62. The average Bonchev–Trinajstić information content (AvgIpc) is 2.51. The third-order valence-corrected chi connectivity index (χ3v) is 4.68. The molecule has 1 aromatic rings. The number of amides is 1. The zero-order chi connectivity index (χ0) is 15.5. The Morgan fingerprint density at radius 1 is 1.43 bits per heavy atom. The summed E-state index contributed by atoms with van der Waals surface area (Å²) in [4.78, 5) is 12.9. The molecule has 0 saturated carbocycles. The van der Waals surface area contributed by atoms with Crippen molar-refractivity contribution < 1.29 is 9.53 Å². The van der Waals surface area contributed by atoms with Crippen LogP contribution in [0.3, 0.4) is 0 Å². The van der Waals surface area contributed by atoms with Crippen molar-refractivity contribution in [1.29, 1.82) is 0 Å². The van der Waals surface area contributed by atoms with Crippen molar-refractivity contribution in [2.45, 2.75) is 38.6 Å². The monoisotopic (exact) mass is 306 g/mol. The molecule has 0 saturated heterocycles. The van der Waals surface area contributed by atoms with Gasteiger partial charge in [-0.3, -0.25) is 4.79 Å². The number of hydrogen-bond acceptors (Lipinski definition) is 3. The van der Waals surface area contributed by atoms with Gasteiger partial charge in [-0.15, -0.1) is 0 Å². The molecule has 0 spiro atoms. The predicted molar refractivity (Wildman–Crippen MR) is 87.4 cm³/mol. The lowest BCUT2D eigenvalue weighted by Gasteiger charge is -2.34. The van der Waals surface area contributed by atoms with Crippen molar-refractivity contribution in [3.05, 3.63) is 29.8 Å². The van der Waals surface area contributed by atoms with Gasteiger partial charge in [-0.2, -0.15) is 0 Å². The Morgan fingerprint density at radius 2 is 2.10 bits per heavy atom. The molecule has 1 aliphatic heterocycles. The first kappa shape index (κ1) is 15.8. The molecule has 0 aromatic heterocycles. The van der Waals surface area contributed by atoms with E-state index in [-0.39, 0.29) is 11.8 Å². The molecule has 0 fully saturated rings. The zero-order valence-electron chi connectivity index (χ0n) is 12.5. The van der Waals surface area contributed by atoms with E-state index in [0.29, 0.717) is 30.9 Å². The Kier molecular flexibility index (Phi) is 4.83. The van der Waals surface area contributed by atoms with Gasteiger partial charge in [0.25, 0.3) is 0 Å². The first-order valence-corrected chi connectivity index (χ1v) is 7.76. The van der Waals surface area contributed by atoms with Gasteiger partial charge >= 0.3 is 0 Å². The third-order valence-electron chi connectivity index (χ3n) is 4.29. The molecule has 1 unspecified atom stereocenters. The van der Waals surface area contributed by atoms with Crippen LogP contribution in [0.5, 0.6) is 5.75 Å². The van der Waals surface area contributed by atoms with Gasteiger partial charge in [0.2, 0.25) is 5.91 Å². The van der Waals surface area contributed by atoms with Crippen LogP contribution in [0.2, 0.25) is 0 Å². The molecule has 5 heteroatoms. The van der Waals surface area contributed by atoms with Crippen molar-refractivity contribution in [1.82, 2.24) is 5.32 Å². The van der Waals surface area contributed by atoms with Crippen LogP contribution in [-0.2, 0) is 11.2 Å². The SMILES string of the molecule is CCC(CC)(NC(=O)C1COc2ccccc2C1)C(N)=S. The Labute approximate surface area is 131 Å². The molecular weight excluding hydrogens is 284 g/mol. The van der Waals surface area contributed by atoms with Crippen molar-refractivity contribution in [2.75, 3.05) is 6.61 Å². The van der Waals surface area contributed by atoms with Gasteiger partial charge < -0.3 is 15.8 Å². The molecule has 114 valence electrons. The Balaban J connectivity index is 2.10. The number of ether oxygens (including phenoxy) is 1. The van der Waals surface area contributed by atoms with Gasteiger partial charge in [0.15, 0.2) is 0 Å². The first-order valence-electron chi connectivity index (χ1n) is 7.35. The smallest absolute Gasteiger partial charge is 0.227 e. The second-order valence-electron chi connectivity index (χ2n) is 5.46. The lowest BCUT2D eigenvalue weighted by Crippen LogP contribution is -2.58. The van der Waals surface area contributed by atoms with Crippen molar-refractivity contribution >= 4 is 23.1 Å². The summed E-state index contributed by atoms with van der Waals surface area (Å²) in [7, 11) is 0. The molecule has 2 rings (SSSR count). The Bertz CT molecular complexity index is 541. The van der Waals surface area contributed by atoms with Crippen LogP contribution in [0.15, 0.2) is 24.3 Å². The topological polar surface area (TPSA) is 64.3 Å². The molecule has 0 bridgehead atoms. The summed E-state index contributed by atoms with van der Waals surface area (Å²) >= 11 is 5.14. The molecule has 3 N–H and O–H groups in total. The quantitative estimate of drug-likeness (QED) is 0.819. The highest BCUT2D eigenvalue weighted by Crippen LogP contribution is 2.27. The highest BCUT2D eigenvalue weighted by Gasteiger charge is 2.35. The minimum atomic E-state index is -0.594. The molecule has 0 aliphatic carbocycles. The van der Waals surface area contributed by atoms with Crippen LogP contribution in [0.1, 0.15) is 32.3 Å². The van der Waals surface area contributed by atoms with Crippen LogP contribution in [0.25, 0.3) is 0 Å². The standard InChI is InChI=1S/C16H22N2O2S/c1-3-16(4-2,15(17)21)18-14(19)12-9-11-7-5-6-8-13(11)20-10-12/h5-8,12H,3-4,9-10H2,1-2H3,(H2,17,21)(H,18,19). The van der Waals surface area contributed by atoms with E-state index in [1.807, 2.05) is 38.1 Å². The number of nitrogens with one attached hydrogen (secondary N) is 1. The van der Waals surface area contributed by atoms with E-state index in [0.717, 1.165) is 11.3 Å². The molecule has 4 nitrogen and oxygen atoms in total. The zero-order valence-corrected chi connectivity index (χ0v) is 13.3. The van der Waals surface area contributed by atoms with Crippen molar-refractivity contribution in [3.63, 3.8) is 0 Å². The summed E-state index contributed by atoms with van der Waals surface area (Å²) in [5, 5.41) is 3.04. The van der Waals surface area contributed by atoms with E-state index < -0.39 is 5.54 Å². The third kappa shape index (κ3) is 3.18. The number of hydrogen-bond donors (Lipinski definition) is 2. The highest BCUT2D eigenvalue weighted by atomic mass is 32.1. The summed E-state index contributed by atoms with van der Waals surface area (Å²) in [6.07, 6.45) is 2.06. The Morgan fingerprint density at radius 3 is 2.71 bits per heavy atom. The molecule has 0 radical (unpaired) electrons. The van der Waals surface area contributed by atoms with E-state index in [1.54, 1.807) is 0 Å². The lowest BCUT2D eigenvalue weighted by molar-refractivity contribution is -0.127.